The van der Waals surface area contributed by atoms with Crippen LogP contribution in [0.25, 0.3) is 0 Å². The SMILES string of the molecule is O=C(NN=Cc1ccccc1Cl)Nc1cccc(Cl)c1. The van der Waals surface area contributed by atoms with Gasteiger partial charge in [0.1, 0.15) is 0 Å². The maximum Gasteiger partial charge on any atom is 0.339 e. The highest BCUT2D eigenvalue weighted by molar-refractivity contribution is 6.33. The zero-order chi connectivity index (χ0) is 14.4. The molecule has 2 aromatic rings. The summed E-state index contributed by atoms with van der Waals surface area (Å²) in [6, 6.07) is 13.6. The van der Waals surface area contributed by atoms with E-state index in [0.29, 0.717) is 15.7 Å². The Morgan fingerprint density at radius 3 is 2.65 bits per heavy atom. The first kappa shape index (κ1) is 14.4. The molecule has 2 amide bonds. The molecule has 0 unspecified atom stereocenters. The van der Waals surface area contributed by atoms with E-state index < -0.39 is 6.03 Å². The van der Waals surface area contributed by atoms with Crippen molar-refractivity contribution in [2.24, 2.45) is 5.10 Å². The third kappa shape index (κ3) is 4.26. The van der Waals surface area contributed by atoms with Crippen molar-refractivity contribution >= 4 is 41.1 Å². The van der Waals surface area contributed by atoms with E-state index in [0.717, 1.165) is 5.56 Å². The summed E-state index contributed by atoms with van der Waals surface area (Å²) >= 11 is 11.8. The summed E-state index contributed by atoms with van der Waals surface area (Å²) in [6.07, 6.45) is 1.47. The van der Waals surface area contributed by atoms with Gasteiger partial charge in [-0.2, -0.15) is 5.10 Å². The molecule has 0 spiro atoms. The van der Waals surface area contributed by atoms with E-state index in [1.165, 1.54) is 6.21 Å². The molecule has 0 aliphatic heterocycles. The maximum atomic E-state index is 11.6. The number of amides is 2. The molecule has 0 heterocycles. The van der Waals surface area contributed by atoms with Gasteiger partial charge in [0, 0.05) is 21.3 Å². The Morgan fingerprint density at radius 2 is 1.90 bits per heavy atom. The number of benzene rings is 2. The molecule has 20 heavy (non-hydrogen) atoms. The van der Waals surface area contributed by atoms with Crippen molar-refractivity contribution in [1.29, 1.82) is 0 Å². The van der Waals surface area contributed by atoms with Gasteiger partial charge >= 0.3 is 6.03 Å². The monoisotopic (exact) mass is 307 g/mol. The molecule has 0 aromatic heterocycles. The van der Waals surface area contributed by atoms with Gasteiger partial charge in [0.2, 0.25) is 0 Å². The van der Waals surface area contributed by atoms with Crippen LogP contribution in [-0.4, -0.2) is 12.2 Å². The number of carbonyl (C=O) groups is 1. The van der Waals surface area contributed by atoms with E-state index in [-0.39, 0.29) is 0 Å². The second kappa shape index (κ2) is 6.93. The third-order valence-corrected chi connectivity index (χ3v) is 2.94. The van der Waals surface area contributed by atoms with E-state index in [1.54, 1.807) is 36.4 Å². The minimum absolute atomic E-state index is 0.462. The number of halogens is 2. The fourth-order valence-electron chi connectivity index (χ4n) is 1.47. The van der Waals surface area contributed by atoms with E-state index in [9.17, 15) is 4.79 Å². The van der Waals surface area contributed by atoms with Gasteiger partial charge in [0.15, 0.2) is 0 Å². The van der Waals surface area contributed by atoms with E-state index >= 15 is 0 Å². The van der Waals surface area contributed by atoms with Gasteiger partial charge < -0.3 is 5.32 Å². The van der Waals surface area contributed by atoms with Crippen LogP contribution in [0.15, 0.2) is 53.6 Å². The molecule has 0 aliphatic carbocycles. The molecule has 2 rings (SSSR count). The third-order valence-electron chi connectivity index (χ3n) is 2.36. The molecule has 6 heteroatoms. The number of urea groups is 1. The number of rotatable bonds is 3. The quantitative estimate of drug-likeness (QED) is 0.649. The minimum Gasteiger partial charge on any atom is -0.306 e. The first-order valence-electron chi connectivity index (χ1n) is 5.75. The summed E-state index contributed by atoms with van der Waals surface area (Å²) in [5.41, 5.74) is 3.65. The molecule has 2 aromatic carbocycles. The summed E-state index contributed by atoms with van der Waals surface area (Å²) in [7, 11) is 0. The van der Waals surface area contributed by atoms with Crippen LogP contribution in [0.1, 0.15) is 5.56 Å². The Morgan fingerprint density at radius 1 is 1.10 bits per heavy atom. The maximum absolute atomic E-state index is 11.6. The zero-order valence-corrected chi connectivity index (χ0v) is 11.8. The zero-order valence-electron chi connectivity index (χ0n) is 10.3. The number of carbonyl (C=O) groups excluding carboxylic acids is 1. The molecule has 2 N–H and O–H groups in total. The highest BCUT2D eigenvalue weighted by atomic mass is 35.5. The molecule has 0 bridgehead atoms. The van der Waals surface area contributed by atoms with Gasteiger partial charge in [-0.05, 0) is 24.3 Å². The van der Waals surface area contributed by atoms with E-state index in [4.69, 9.17) is 23.2 Å². The topological polar surface area (TPSA) is 53.5 Å². The Balaban J connectivity index is 1.91. The standard InChI is InChI=1S/C14H11Cl2N3O/c15-11-5-3-6-12(8-11)18-14(20)19-17-9-10-4-1-2-7-13(10)16/h1-9H,(H2,18,19,20). The van der Waals surface area contributed by atoms with Crippen molar-refractivity contribution in [1.82, 2.24) is 5.43 Å². The van der Waals surface area contributed by atoms with Gasteiger partial charge in [-0.15, -0.1) is 0 Å². The summed E-state index contributed by atoms with van der Waals surface area (Å²) in [4.78, 5) is 11.6. The molecule has 102 valence electrons. The highest BCUT2D eigenvalue weighted by Gasteiger charge is 2.00. The lowest BCUT2D eigenvalue weighted by atomic mass is 10.2. The van der Waals surface area contributed by atoms with E-state index in [2.05, 4.69) is 15.8 Å². The van der Waals surface area contributed by atoms with Gasteiger partial charge in [-0.1, -0.05) is 47.5 Å². The lowest BCUT2D eigenvalue weighted by Gasteiger charge is -2.04. The molecule has 0 aliphatic rings. The number of hydrogen-bond donors (Lipinski definition) is 2. The van der Waals surface area contributed by atoms with Crippen LogP contribution in [0.5, 0.6) is 0 Å². The van der Waals surface area contributed by atoms with Gasteiger partial charge in [0.05, 0.1) is 6.21 Å². The fourth-order valence-corrected chi connectivity index (χ4v) is 1.84. The predicted molar refractivity (Wildman–Crippen MR) is 82.7 cm³/mol. The Hall–Kier alpha value is -2.04. The average Bonchev–Trinajstić information content (AvgIpc) is 2.41. The average molecular weight is 308 g/mol. The molecule has 4 nitrogen and oxygen atoms in total. The van der Waals surface area contributed by atoms with Crippen LogP contribution in [0.3, 0.4) is 0 Å². The smallest absolute Gasteiger partial charge is 0.306 e. The number of nitrogens with zero attached hydrogens (tertiary/aromatic N) is 1. The Bertz CT molecular complexity index is 644. The van der Waals surface area contributed by atoms with Crippen LogP contribution >= 0.6 is 23.2 Å². The second-order valence-corrected chi connectivity index (χ2v) is 4.70. The highest BCUT2D eigenvalue weighted by Crippen LogP contribution is 2.14. The molecule has 0 radical (unpaired) electrons. The fraction of sp³-hybridized carbons (Fsp3) is 0. The summed E-state index contributed by atoms with van der Waals surface area (Å²) in [6.45, 7) is 0. The first-order chi connectivity index (χ1) is 9.65. The Labute approximate surface area is 126 Å². The summed E-state index contributed by atoms with van der Waals surface area (Å²) in [5, 5.41) is 7.53. The second-order valence-electron chi connectivity index (χ2n) is 3.86. The predicted octanol–water partition coefficient (Wildman–Crippen LogP) is 4.15. The molecule has 0 atom stereocenters. The van der Waals surface area contributed by atoms with Crippen molar-refractivity contribution in [3.05, 3.63) is 64.1 Å². The van der Waals surface area contributed by atoms with Crippen molar-refractivity contribution in [2.45, 2.75) is 0 Å². The van der Waals surface area contributed by atoms with Crippen molar-refractivity contribution < 1.29 is 4.79 Å². The van der Waals surface area contributed by atoms with Crippen LogP contribution in [-0.2, 0) is 0 Å². The number of hydrogen-bond acceptors (Lipinski definition) is 2. The minimum atomic E-state index is -0.462. The van der Waals surface area contributed by atoms with Gasteiger partial charge in [0.25, 0.3) is 0 Å². The number of anilines is 1. The normalized spacial score (nSPS) is 10.5. The van der Waals surface area contributed by atoms with Crippen LogP contribution < -0.4 is 10.7 Å². The summed E-state index contributed by atoms with van der Waals surface area (Å²) in [5.74, 6) is 0. The van der Waals surface area contributed by atoms with Gasteiger partial charge in [-0.25, -0.2) is 10.2 Å². The molecule has 0 fully saturated rings. The lowest BCUT2D eigenvalue weighted by molar-refractivity contribution is 0.252. The summed E-state index contributed by atoms with van der Waals surface area (Å²) < 4.78 is 0. The van der Waals surface area contributed by atoms with Gasteiger partial charge in [-0.3, -0.25) is 0 Å². The molecule has 0 saturated heterocycles. The largest absolute Gasteiger partial charge is 0.339 e. The first-order valence-corrected chi connectivity index (χ1v) is 6.51. The van der Waals surface area contributed by atoms with E-state index in [1.807, 2.05) is 12.1 Å². The van der Waals surface area contributed by atoms with Crippen LogP contribution in [0.2, 0.25) is 10.0 Å². The molecule has 0 saturated carbocycles. The Kier molecular flexibility index (Phi) is 4.98. The molecular formula is C14H11Cl2N3O. The van der Waals surface area contributed by atoms with Crippen molar-refractivity contribution in [2.75, 3.05) is 5.32 Å². The van der Waals surface area contributed by atoms with Crippen molar-refractivity contribution in [3.8, 4) is 0 Å². The van der Waals surface area contributed by atoms with Crippen molar-refractivity contribution in [3.63, 3.8) is 0 Å². The number of hydrazone groups is 1. The van der Waals surface area contributed by atoms with Crippen LogP contribution in [0.4, 0.5) is 10.5 Å². The molecular weight excluding hydrogens is 297 g/mol. The van der Waals surface area contributed by atoms with Crippen LogP contribution in [0, 0.1) is 0 Å². The lowest BCUT2D eigenvalue weighted by Crippen LogP contribution is -2.24. The number of nitrogens with one attached hydrogen (secondary N) is 2.